The number of amides is 6. The summed E-state index contributed by atoms with van der Waals surface area (Å²) in [6.07, 6.45) is -0.562. The number of esters is 2. The second kappa shape index (κ2) is 22.2. The van der Waals surface area contributed by atoms with Crippen LogP contribution in [-0.2, 0) is 73.0 Å². The monoisotopic (exact) mass is 1040 g/mol. The molecule has 0 unspecified atom stereocenters. The molecular formula is C51H60F4N8O11. The van der Waals surface area contributed by atoms with Crippen molar-refractivity contribution in [3.8, 4) is 11.4 Å². The number of fused-ring (bicyclic) bond motifs is 5. The standard InChI is InChI=1S/C51H60F4N8O11/c1-5-50(74-49(72)51(53,54)55)31-22-36-44-29(24-63(36)46(69)30(31)25-73-48(50)71)42-33(16-15-28-27(4)32(52)23-34(59-44)41(28)42)58-37(64)14-11-21-61(35(45(57)68)12-8-9-19-56)47(70)43(26(2)3)60-38(65)13-7-6-10-20-62-39(66)17-18-40(62)67/h17-18,22-23,26,33,35,43H,5-16,19-21,24-25,56H2,1-4H3,(H2,57,68)(H,58,64)(H,60,65)/t33-,35-,43-,50-/m0/s1. The average molecular weight is 1040 g/mol. The molecule has 4 aliphatic rings. The van der Waals surface area contributed by atoms with Gasteiger partial charge >= 0.3 is 18.1 Å². The minimum Gasteiger partial charge on any atom is -0.457 e. The molecule has 19 nitrogen and oxygen atoms in total. The maximum atomic E-state index is 15.6. The number of benzene rings is 1. The lowest BCUT2D eigenvalue weighted by molar-refractivity contribution is -0.223. The van der Waals surface area contributed by atoms with E-state index in [4.69, 9.17) is 25.9 Å². The molecule has 0 spiro atoms. The largest absolute Gasteiger partial charge is 0.490 e. The van der Waals surface area contributed by atoms with E-state index in [2.05, 4.69) is 10.6 Å². The van der Waals surface area contributed by atoms with Crippen LogP contribution in [0.15, 0.2) is 29.1 Å². The first kappa shape index (κ1) is 54.7. The number of carbonyl (C=O) groups excluding carboxylic acids is 8. The van der Waals surface area contributed by atoms with Gasteiger partial charge in [0.15, 0.2) is 0 Å². The van der Waals surface area contributed by atoms with Gasteiger partial charge < -0.3 is 41.0 Å². The number of nitrogens with zero attached hydrogens (tertiary/aromatic N) is 4. The second-order valence-corrected chi connectivity index (χ2v) is 19.4. The third kappa shape index (κ3) is 10.8. The Kier molecular flexibility index (Phi) is 16.4. The number of aryl methyl sites for hydroxylation is 1. The first-order valence-corrected chi connectivity index (χ1v) is 24.9. The van der Waals surface area contributed by atoms with Crippen molar-refractivity contribution in [3.05, 3.63) is 73.8 Å². The van der Waals surface area contributed by atoms with E-state index >= 15 is 4.39 Å². The van der Waals surface area contributed by atoms with E-state index in [0.717, 1.165) is 4.90 Å². The number of aromatic nitrogens is 2. The fourth-order valence-electron chi connectivity index (χ4n) is 10.4. The molecule has 5 heterocycles. The molecule has 6 N–H and O–H groups in total. The van der Waals surface area contributed by atoms with Crippen LogP contribution >= 0.6 is 0 Å². The molecule has 1 aliphatic carbocycles. The number of alkyl halides is 3. The van der Waals surface area contributed by atoms with Crippen LogP contribution in [0.4, 0.5) is 17.6 Å². The molecular weight excluding hydrogens is 977 g/mol. The fourth-order valence-corrected chi connectivity index (χ4v) is 10.4. The first-order valence-electron chi connectivity index (χ1n) is 24.9. The number of imide groups is 1. The highest BCUT2D eigenvalue weighted by molar-refractivity contribution is 6.12. The highest BCUT2D eigenvalue weighted by Crippen LogP contribution is 2.47. The van der Waals surface area contributed by atoms with E-state index in [1.165, 1.54) is 40.7 Å². The Morgan fingerprint density at radius 1 is 0.959 bits per heavy atom. The summed E-state index contributed by atoms with van der Waals surface area (Å²) in [5.41, 5.74) is 10.0. The Hall–Kier alpha value is -7.04. The minimum absolute atomic E-state index is 0.0390. The highest BCUT2D eigenvalue weighted by atomic mass is 19.4. The van der Waals surface area contributed by atoms with Gasteiger partial charge in [0.2, 0.25) is 29.2 Å². The third-order valence-electron chi connectivity index (χ3n) is 14.3. The Morgan fingerprint density at radius 2 is 1.66 bits per heavy atom. The first-order chi connectivity index (χ1) is 35.0. The van der Waals surface area contributed by atoms with Crippen molar-refractivity contribution in [3.63, 3.8) is 0 Å². The predicted octanol–water partition coefficient (Wildman–Crippen LogP) is 3.96. The molecule has 1 aromatic carbocycles. The van der Waals surface area contributed by atoms with Crippen LogP contribution in [0.1, 0.15) is 131 Å². The number of halogens is 4. The molecule has 74 heavy (non-hydrogen) atoms. The third-order valence-corrected chi connectivity index (χ3v) is 14.3. The number of carbonyl (C=O) groups is 8. The Balaban J connectivity index is 1.12. The number of pyridine rings is 2. The van der Waals surface area contributed by atoms with E-state index in [-0.39, 0.29) is 79.8 Å². The van der Waals surface area contributed by atoms with Crippen molar-refractivity contribution in [1.82, 2.24) is 30.0 Å². The molecule has 23 heteroatoms. The van der Waals surface area contributed by atoms with Gasteiger partial charge in [-0.3, -0.25) is 38.5 Å². The smallest absolute Gasteiger partial charge is 0.457 e. The highest BCUT2D eigenvalue weighted by Gasteiger charge is 2.55. The summed E-state index contributed by atoms with van der Waals surface area (Å²) in [4.78, 5) is 126. The Labute approximate surface area is 422 Å². The number of nitrogens with one attached hydrogen (secondary N) is 2. The predicted molar refractivity (Wildman–Crippen MR) is 256 cm³/mol. The summed E-state index contributed by atoms with van der Waals surface area (Å²) >= 11 is 0. The summed E-state index contributed by atoms with van der Waals surface area (Å²) in [6, 6.07) is -0.446. The molecule has 7 rings (SSSR count). The number of rotatable bonds is 22. The van der Waals surface area contributed by atoms with Crippen LogP contribution in [-0.4, -0.2) is 105 Å². The van der Waals surface area contributed by atoms with Crippen LogP contribution < -0.4 is 27.7 Å². The van der Waals surface area contributed by atoms with Crippen molar-refractivity contribution in [2.75, 3.05) is 19.6 Å². The number of ether oxygens (including phenoxy) is 2. The van der Waals surface area contributed by atoms with Gasteiger partial charge in [-0.25, -0.2) is 19.0 Å². The van der Waals surface area contributed by atoms with Crippen LogP contribution in [0.2, 0.25) is 0 Å². The van der Waals surface area contributed by atoms with E-state index in [0.29, 0.717) is 72.7 Å². The van der Waals surface area contributed by atoms with E-state index < -0.39 is 108 Å². The second-order valence-electron chi connectivity index (χ2n) is 19.4. The van der Waals surface area contributed by atoms with E-state index in [9.17, 15) is 56.3 Å². The molecule has 398 valence electrons. The molecule has 4 atom stereocenters. The van der Waals surface area contributed by atoms with Crippen molar-refractivity contribution < 1.29 is 65.4 Å². The van der Waals surface area contributed by atoms with Gasteiger partial charge in [-0.1, -0.05) is 27.2 Å². The Morgan fingerprint density at radius 3 is 2.31 bits per heavy atom. The number of primary amides is 1. The lowest BCUT2D eigenvalue weighted by Gasteiger charge is -2.35. The van der Waals surface area contributed by atoms with Crippen LogP contribution in [0.3, 0.4) is 0 Å². The number of cyclic esters (lactones) is 1. The van der Waals surface area contributed by atoms with Crippen molar-refractivity contribution in [1.29, 1.82) is 0 Å². The normalized spacial score (nSPS) is 18.4. The van der Waals surface area contributed by atoms with Gasteiger partial charge in [-0.05, 0) is 99.9 Å². The molecule has 6 amide bonds. The zero-order chi connectivity index (χ0) is 54.0. The van der Waals surface area contributed by atoms with Gasteiger partial charge in [0, 0.05) is 60.7 Å². The molecule has 0 radical (unpaired) electrons. The minimum atomic E-state index is -5.49. The molecule has 0 saturated carbocycles. The van der Waals surface area contributed by atoms with Gasteiger partial charge in [0.25, 0.3) is 17.4 Å². The summed E-state index contributed by atoms with van der Waals surface area (Å²) < 4.78 is 67.6. The molecule has 2 aromatic heterocycles. The SMILES string of the molecule is CC[C@@]1(OC(=O)C(F)(F)F)C(=O)OCc2c1cc1n(c2=O)Cc2c-1nc1cc(F)c(C)c3c1c2[C@@H](NC(=O)CCCN(C(=O)[C@@H](NC(=O)CCCCCN1C(=O)C=CC1=O)C(C)C)[C@@H](CCCCN)C(N)=O)CC3. The molecule has 3 aliphatic heterocycles. The number of nitrogens with two attached hydrogens (primary N) is 2. The van der Waals surface area contributed by atoms with Crippen molar-refractivity contribution >= 4 is 58.3 Å². The summed E-state index contributed by atoms with van der Waals surface area (Å²) in [5.74, 6) is -8.03. The van der Waals surface area contributed by atoms with Crippen LogP contribution in [0.5, 0.6) is 0 Å². The lowest BCUT2D eigenvalue weighted by atomic mass is 9.81. The van der Waals surface area contributed by atoms with Gasteiger partial charge in [-0.2, -0.15) is 13.2 Å². The zero-order valence-electron chi connectivity index (χ0n) is 41.6. The Bertz CT molecular complexity index is 2880. The quantitative estimate of drug-likeness (QED) is 0.0376. The van der Waals surface area contributed by atoms with Crippen LogP contribution in [0, 0.1) is 18.7 Å². The topological polar surface area (TPSA) is 272 Å². The number of hydrogen-bond donors (Lipinski definition) is 4. The summed E-state index contributed by atoms with van der Waals surface area (Å²) in [7, 11) is 0. The van der Waals surface area contributed by atoms with Crippen molar-refractivity contribution in [2.24, 2.45) is 17.4 Å². The van der Waals surface area contributed by atoms with E-state index in [1.54, 1.807) is 20.8 Å². The maximum Gasteiger partial charge on any atom is 0.490 e. The van der Waals surface area contributed by atoms with Crippen LogP contribution in [0.25, 0.3) is 22.3 Å². The summed E-state index contributed by atoms with van der Waals surface area (Å²) in [5, 5.41) is 6.42. The molecule has 3 aromatic rings. The zero-order valence-corrected chi connectivity index (χ0v) is 41.6. The maximum absolute atomic E-state index is 15.6. The lowest BCUT2D eigenvalue weighted by Crippen LogP contribution is -2.57. The average Bonchev–Trinajstić information content (AvgIpc) is 3.88. The molecule has 0 fully saturated rings. The van der Waals surface area contributed by atoms with Crippen molar-refractivity contribution in [2.45, 2.75) is 148 Å². The van der Waals surface area contributed by atoms with E-state index in [1.807, 2.05) is 0 Å². The van der Waals surface area contributed by atoms with Gasteiger partial charge in [0.1, 0.15) is 24.5 Å². The summed E-state index contributed by atoms with van der Waals surface area (Å²) in [6.45, 7) is 6.03. The number of hydrogen-bond acceptors (Lipinski definition) is 13. The van der Waals surface area contributed by atoms with Gasteiger partial charge in [0.05, 0.1) is 35.1 Å². The molecule has 0 bridgehead atoms. The molecule has 0 saturated heterocycles. The fraction of sp³-hybridized carbons (Fsp3) is 0.529. The van der Waals surface area contributed by atoms with Gasteiger partial charge in [-0.15, -0.1) is 0 Å². The number of unbranched alkanes of at least 4 members (excludes halogenated alkanes) is 3.